The summed E-state index contributed by atoms with van der Waals surface area (Å²) in [6, 6.07) is 0.199. The van der Waals surface area contributed by atoms with Gasteiger partial charge in [-0.05, 0) is 32.6 Å². The first-order valence-electron chi connectivity index (χ1n) is 9.90. The summed E-state index contributed by atoms with van der Waals surface area (Å²) < 4.78 is 23.2. The van der Waals surface area contributed by atoms with Gasteiger partial charge in [0.05, 0.1) is 51.3 Å². The minimum Gasteiger partial charge on any atom is -0.376 e. The Hall–Kier alpha value is -0.240. The smallest absolute Gasteiger partial charge is 0.0806 e. The summed E-state index contributed by atoms with van der Waals surface area (Å²) in [5.74, 6) is 0. The molecular formula is C19H42N2O4. The van der Waals surface area contributed by atoms with Crippen molar-refractivity contribution in [2.75, 3.05) is 33.0 Å². The van der Waals surface area contributed by atoms with Crippen LogP contribution in [-0.4, -0.2) is 63.4 Å². The fraction of sp³-hybridized carbons (Fsp3) is 1.00. The number of hydrogen-bond donors (Lipinski definition) is 2. The van der Waals surface area contributed by atoms with Crippen molar-refractivity contribution >= 4 is 0 Å². The van der Waals surface area contributed by atoms with E-state index in [-0.39, 0.29) is 30.4 Å². The molecule has 0 aliphatic heterocycles. The van der Waals surface area contributed by atoms with Crippen molar-refractivity contribution in [3.63, 3.8) is 0 Å². The summed E-state index contributed by atoms with van der Waals surface area (Å²) in [5.41, 5.74) is 11.8. The molecule has 0 saturated carbocycles. The molecule has 0 spiro atoms. The number of rotatable bonds is 17. The maximum atomic E-state index is 5.89. The van der Waals surface area contributed by atoms with Crippen molar-refractivity contribution in [1.82, 2.24) is 0 Å². The molecule has 0 aromatic carbocycles. The first-order valence-corrected chi connectivity index (χ1v) is 9.90. The topological polar surface area (TPSA) is 89.0 Å². The van der Waals surface area contributed by atoms with Crippen molar-refractivity contribution in [3.8, 4) is 0 Å². The molecule has 4 N–H and O–H groups in total. The van der Waals surface area contributed by atoms with Crippen LogP contribution < -0.4 is 11.5 Å². The largest absolute Gasteiger partial charge is 0.376 e. The van der Waals surface area contributed by atoms with Gasteiger partial charge >= 0.3 is 0 Å². The lowest BCUT2D eigenvalue weighted by Gasteiger charge is -2.22. The molecule has 152 valence electrons. The second kappa shape index (κ2) is 16.0. The minimum absolute atomic E-state index is 0.0212. The van der Waals surface area contributed by atoms with Crippen LogP contribution >= 0.6 is 0 Å². The molecule has 0 aliphatic carbocycles. The van der Waals surface area contributed by atoms with Crippen LogP contribution in [0, 0.1) is 0 Å². The average Bonchev–Trinajstić information content (AvgIpc) is 2.63. The molecule has 25 heavy (non-hydrogen) atoms. The van der Waals surface area contributed by atoms with Gasteiger partial charge in [0.1, 0.15) is 0 Å². The molecule has 0 aromatic heterocycles. The highest BCUT2D eigenvalue weighted by Crippen LogP contribution is 2.05. The lowest BCUT2D eigenvalue weighted by Crippen LogP contribution is -2.32. The summed E-state index contributed by atoms with van der Waals surface area (Å²) in [6.07, 6.45) is 3.86. The summed E-state index contributed by atoms with van der Waals surface area (Å²) >= 11 is 0. The van der Waals surface area contributed by atoms with E-state index < -0.39 is 0 Å². The van der Waals surface area contributed by atoms with Gasteiger partial charge in [-0.25, -0.2) is 0 Å². The Morgan fingerprint density at radius 1 is 0.600 bits per heavy atom. The van der Waals surface area contributed by atoms with E-state index in [0.29, 0.717) is 33.0 Å². The Morgan fingerprint density at radius 3 is 1.52 bits per heavy atom. The molecule has 0 radical (unpaired) electrons. The highest BCUT2D eigenvalue weighted by molar-refractivity contribution is 4.63. The number of ether oxygens (including phenoxy) is 4. The van der Waals surface area contributed by atoms with Crippen molar-refractivity contribution in [2.45, 2.75) is 90.7 Å². The van der Waals surface area contributed by atoms with Crippen LogP contribution in [0.25, 0.3) is 0 Å². The third kappa shape index (κ3) is 13.6. The lowest BCUT2D eigenvalue weighted by atomic mass is 10.2. The Balaban J connectivity index is 3.87. The third-order valence-electron chi connectivity index (χ3n) is 4.27. The van der Waals surface area contributed by atoms with Gasteiger partial charge in [0.2, 0.25) is 0 Å². The van der Waals surface area contributed by atoms with E-state index in [1.165, 1.54) is 0 Å². The second-order valence-electron chi connectivity index (χ2n) is 6.75. The molecule has 0 rings (SSSR count). The molecule has 0 aliphatic rings. The third-order valence-corrected chi connectivity index (χ3v) is 4.27. The van der Waals surface area contributed by atoms with Gasteiger partial charge in [0.25, 0.3) is 0 Å². The molecular weight excluding hydrogens is 320 g/mol. The van der Waals surface area contributed by atoms with Crippen molar-refractivity contribution in [2.24, 2.45) is 11.5 Å². The Labute approximate surface area is 154 Å². The van der Waals surface area contributed by atoms with Gasteiger partial charge in [-0.3, -0.25) is 0 Å². The van der Waals surface area contributed by atoms with E-state index in [2.05, 4.69) is 27.7 Å². The maximum Gasteiger partial charge on any atom is 0.0806 e. The van der Waals surface area contributed by atoms with E-state index in [9.17, 15) is 0 Å². The predicted octanol–water partition coefficient (Wildman–Crippen LogP) is 2.47. The van der Waals surface area contributed by atoms with Gasteiger partial charge in [-0.15, -0.1) is 0 Å². The molecule has 0 heterocycles. The first-order chi connectivity index (χ1) is 12.0. The predicted molar refractivity (Wildman–Crippen MR) is 103 cm³/mol. The molecule has 6 heteroatoms. The summed E-state index contributed by atoms with van der Waals surface area (Å²) in [6.45, 7) is 13.2. The van der Waals surface area contributed by atoms with Crippen molar-refractivity contribution in [1.29, 1.82) is 0 Å². The average molecular weight is 363 g/mol. The number of nitrogens with two attached hydrogens (primary N) is 2. The van der Waals surface area contributed by atoms with Gasteiger partial charge in [-0.2, -0.15) is 0 Å². The SMILES string of the molecule is CCC(N)COC(CC)COCC(C)OCC(CC)OCC(N)CC. The molecule has 6 nitrogen and oxygen atoms in total. The quantitative estimate of drug-likeness (QED) is 0.413. The molecule has 0 bridgehead atoms. The molecule has 5 unspecified atom stereocenters. The lowest BCUT2D eigenvalue weighted by molar-refractivity contribution is -0.0810. The van der Waals surface area contributed by atoms with Crippen LogP contribution in [0.15, 0.2) is 0 Å². The first kappa shape index (κ1) is 24.8. The minimum atomic E-state index is 0.0212. The maximum absolute atomic E-state index is 5.89. The van der Waals surface area contributed by atoms with Crippen LogP contribution in [0.5, 0.6) is 0 Å². The Kier molecular flexibility index (Phi) is 15.8. The van der Waals surface area contributed by atoms with Gasteiger partial charge < -0.3 is 30.4 Å². The Bertz CT molecular complexity index is 295. The zero-order chi connectivity index (χ0) is 19.1. The molecule has 0 aromatic rings. The van der Waals surface area contributed by atoms with E-state index in [1.807, 2.05) is 6.92 Å². The summed E-state index contributed by atoms with van der Waals surface area (Å²) in [5, 5.41) is 0. The van der Waals surface area contributed by atoms with E-state index >= 15 is 0 Å². The molecule has 0 saturated heterocycles. The van der Waals surface area contributed by atoms with Crippen LogP contribution in [-0.2, 0) is 18.9 Å². The molecule has 0 fully saturated rings. The van der Waals surface area contributed by atoms with Crippen molar-refractivity contribution < 1.29 is 18.9 Å². The second-order valence-corrected chi connectivity index (χ2v) is 6.75. The zero-order valence-corrected chi connectivity index (χ0v) is 17.0. The highest BCUT2D eigenvalue weighted by atomic mass is 16.6. The van der Waals surface area contributed by atoms with Crippen LogP contribution in [0.2, 0.25) is 0 Å². The monoisotopic (exact) mass is 362 g/mol. The fourth-order valence-electron chi connectivity index (χ4n) is 2.01. The van der Waals surface area contributed by atoms with Crippen LogP contribution in [0.4, 0.5) is 0 Å². The van der Waals surface area contributed by atoms with E-state index in [1.54, 1.807) is 0 Å². The summed E-state index contributed by atoms with van der Waals surface area (Å²) in [4.78, 5) is 0. The standard InChI is InChI=1S/C19H42N2O4/c1-6-16(20)11-24-18(8-3)13-22-10-15(5)23-14-19(9-4)25-12-17(21)7-2/h15-19H,6-14,20-21H2,1-5H3. The highest BCUT2D eigenvalue weighted by Gasteiger charge is 2.13. The van der Waals surface area contributed by atoms with Crippen LogP contribution in [0.3, 0.4) is 0 Å². The molecule has 0 amide bonds. The zero-order valence-electron chi connectivity index (χ0n) is 17.0. The number of hydrogen-bond acceptors (Lipinski definition) is 6. The normalized spacial score (nSPS) is 17.9. The molecule has 5 atom stereocenters. The summed E-state index contributed by atoms with van der Waals surface area (Å²) in [7, 11) is 0. The van der Waals surface area contributed by atoms with Crippen LogP contribution in [0.1, 0.15) is 60.3 Å². The Morgan fingerprint density at radius 2 is 1.08 bits per heavy atom. The fourth-order valence-corrected chi connectivity index (χ4v) is 2.01. The van der Waals surface area contributed by atoms with E-state index in [0.717, 1.165) is 25.7 Å². The van der Waals surface area contributed by atoms with Gasteiger partial charge in [-0.1, -0.05) is 27.7 Å². The van der Waals surface area contributed by atoms with Gasteiger partial charge in [0, 0.05) is 12.1 Å². The van der Waals surface area contributed by atoms with Crippen molar-refractivity contribution in [3.05, 3.63) is 0 Å². The van der Waals surface area contributed by atoms with Gasteiger partial charge in [0.15, 0.2) is 0 Å². The van der Waals surface area contributed by atoms with E-state index in [4.69, 9.17) is 30.4 Å².